The zero-order chi connectivity index (χ0) is 12.3. The van der Waals surface area contributed by atoms with Crippen molar-refractivity contribution in [3.05, 3.63) is 29.6 Å². The van der Waals surface area contributed by atoms with Gasteiger partial charge in [0.2, 0.25) is 0 Å². The second-order valence-electron chi connectivity index (χ2n) is 3.99. The molecule has 1 fully saturated rings. The van der Waals surface area contributed by atoms with Gasteiger partial charge in [0.05, 0.1) is 6.61 Å². The molecule has 0 atom stereocenters. The standard InChI is InChI=1S/C12H13FO4/c13-9-2-1-3-10(11(9)12(14)15)17-7-16-6-8-4-5-8/h1-3,8H,4-7H2,(H,14,15). The van der Waals surface area contributed by atoms with Crippen LogP contribution in [0.15, 0.2) is 18.2 Å². The van der Waals surface area contributed by atoms with E-state index in [1.54, 1.807) is 0 Å². The molecular weight excluding hydrogens is 227 g/mol. The second-order valence-corrected chi connectivity index (χ2v) is 3.99. The van der Waals surface area contributed by atoms with E-state index < -0.39 is 17.3 Å². The van der Waals surface area contributed by atoms with Crippen LogP contribution in [0.25, 0.3) is 0 Å². The molecule has 1 aromatic rings. The molecule has 1 aliphatic carbocycles. The molecule has 0 radical (unpaired) electrons. The van der Waals surface area contributed by atoms with Crippen LogP contribution in [-0.4, -0.2) is 24.5 Å². The lowest BCUT2D eigenvalue weighted by molar-refractivity contribution is 0.00898. The number of carboxylic acid groups (broad SMARTS) is 1. The van der Waals surface area contributed by atoms with E-state index in [1.165, 1.54) is 25.0 Å². The molecule has 5 heteroatoms. The summed E-state index contributed by atoms with van der Waals surface area (Å²) in [6.45, 7) is 0.554. The third kappa shape index (κ3) is 3.17. The summed E-state index contributed by atoms with van der Waals surface area (Å²) >= 11 is 0. The Bertz CT molecular complexity index is 415. The van der Waals surface area contributed by atoms with Crippen molar-refractivity contribution in [3.8, 4) is 5.75 Å². The largest absolute Gasteiger partial charge is 0.477 e. The Morgan fingerprint density at radius 3 is 2.88 bits per heavy atom. The fourth-order valence-corrected chi connectivity index (χ4v) is 1.44. The molecule has 0 saturated heterocycles. The summed E-state index contributed by atoms with van der Waals surface area (Å²) in [5.74, 6) is -1.56. The minimum atomic E-state index is -1.35. The van der Waals surface area contributed by atoms with Crippen LogP contribution in [0, 0.1) is 11.7 Å². The lowest BCUT2D eigenvalue weighted by Gasteiger charge is -2.09. The van der Waals surface area contributed by atoms with Crippen LogP contribution in [0.4, 0.5) is 4.39 Å². The van der Waals surface area contributed by atoms with Crippen molar-refractivity contribution in [3.63, 3.8) is 0 Å². The van der Waals surface area contributed by atoms with Crippen molar-refractivity contribution in [2.45, 2.75) is 12.8 Å². The lowest BCUT2D eigenvalue weighted by atomic mass is 10.2. The number of halogens is 1. The molecule has 0 spiro atoms. The van der Waals surface area contributed by atoms with Gasteiger partial charge in [-0.25, -0.2) is 9.18 Å². The fourth-order valence-electron chi connectivity index (χ4n) is 1.44. The van der Waals surface area contributed by atoms with Gasteiger partial charge in [-0.05, 0) is 30.9 Å². The third-order valence-corrected chi connectivity index (χ3v) is 2.54. The highest BCUT2D eigenvalue weighted by Gasteiger charge is 2.21. The Balaban J connectivity index is 1.93. The normalized spacial score (nSPS) is 14.6. The van der Waals surface area contributed by atoms with E-state index in [2.05, 4.69) is 0 Å². The lowest BCUT2D eigenvalue weighted by Crippen LogP contribution is -2.09. The summed E-state index contributed by atoms with van der Waals surface area (Å²) in [7, 11) is 0. The van der Waals surface area contributed by atoms with Crippen LogP contribution in [-0.2, 0) is 4.74 Å². The first kappa shape index (κ1) is 11.9. The van der Waals surface area contributed by atoms with Crippen LogP contribution in [0.5, 0.6) is 5.75 Å². The summed E-state index contributed by atoms with van der Waals surface area (Å²) in [4.78, 5) is 10.8. The number of aromatic carboxylic acids is 1. The SMILES string of the molecule is O=C(O)c1c(F)cccc1OCOCC1CC1. The van der Waals surface area contributed by atoms with Crippen LogP contribution < -0.4 is 4.74 Å². The predicted octanol–water partition coefficient (Wildman–Crippen LogP) is 2.29. The van der Waals surface area contributed by atoms with E-state index in [1.807, 2.05) is 0 Å². The van der Waals surface area contributed by atoms with E-state index in [9.17, 15) is 9.18 Å². The van der Waals surface area contributed by atoms with Gasteiger partial charge in [-0.15, -0.1) is 0 Å². The van der Waals surface area contributed by atoms with Gasteiger partial charge in [0.15, 0.2) is 6.79 Å². The molecule has 0 aliphatic heterocycles. The maximum absolute atomic E-state index is 13.2. The monoisotopic (exact) mass is 240 g/mol. The minimum Gasteiger partial charge on any atom is -0.477 e. The Kier molecular flexibility index (Phi) is 3.58. The number of hydrogen-bond acceptors (Lipinski definition) is 3. The first-order valence-corrected chi connectivity index (χ1v) is 5.41. The number of ether oxygens (including phenoxy) is 2. The van der Waals surface area contributed by atoms with Crippen molar-refractivity contribution in [1.29, 1.82) is 0 Å². The van der Waals surface area contributed by atoms with Crippen molar-refractivity contribution in [2.75, 3.05) is 13.4 Å². The maximum Gasteiger partial charge on any atom is 0.342 e. The fraction of sp³-hybridized carbons (Fsp3) is 0.417. The molecular formula is C12H13FO4. The molecule has 0 bridgehead atoms. The average Bonchev–Trinajstić information content (AvgIpc) is 3.07. The summed E-state index contributed by atoms with van der Waals surface area (Å²) in [5, 5.41) is 8.84. The molecule has 1 aliphatic rings. The molecule has 1 saturated carbocycles. The highest BCUT2D eigenvalue weighted by molar-refractivity contribution is 5.91. The highest BCUT2D eigenvalue weighted by Crippen LogP contribution is 2.29. The molecule has 0 aromatic heterocycles. The summed E-state index contributed by atoms with van der Waals surface area (Å²) in [6.07, 6.45) is 2.33. The molecule has 0 unspecified atom stereocenters. The molecule has 17 heavy (non-hydrogen) atoms. The summed E-state index contributed by atoms with van der Waals surface area (Å²) < 4.78 is 23.6. The van der Waals surface area contributed by atoms with Crippen molar-refractivity contribution < 1.29 is 23.8 Å². The smallest absolute Gasteiger partial charge is 0.342 e. The van der Waals surface area contributed by atoms with E-state index in [0.29, 0.717) is 12.5 Å². The summed E-state index contributed by atoms with van der Waals surface area (Å²) in [6, 6.07) is 3.90. The van der Waals surface area contributed by atoms with E-state index >= 15 is 0 Å². The Hall–Kier alpha value is -1.62. The van der Waals surface area contributed by atoms with Crippen molar-refractivity contribution >= 4 is 5.97 Å². The summed E-state index contributed by atoms with van der Waals surface area (Å²) in [5.41, 5.74) is -0.456. The topological polar surface area (TPSA) is 55.8 Å². The number of hydrogen-bond donors (Lipinski definition) is 1. The Morgan fingerprint density at radius 1 is 1.47 bits per heavy atom. The molecule has 0 amide bonds. The van der Waals surface area contributed by atoms with Gasteiger partial charge in [0, 0.05) is 0 Å². The van der Waals surface area contributed by atoms with Gasteiger partial charge in [-0.3, -0.25) is 0 Å². The number of rotatable bonds is 6. The van der Waals surface area contributed by atoms with Gasteiger partial charge < -0.3 is 14.6 Å². The predicted molar refractivity (Wildman–Crippen MR) is 57.5 cm³/mol. The molecule has 1 N–H and O–H groups in total. The van der Waals surface area contributed by atoms with Crippen LogP contribution in [0.3, 0.4) is 0 Å². The van der Waals surface area contributed by atoms with E-state index in [4.69, 9.17) is 14.6 Å². The van der Waals surface area contributed by atoms with Crippen LogP contribution in [0.2, 0.25) is 0 Å². The molecule has 92 valence electrons. The van der Waals surface area contributed by atoms with Gasteiger partial charge in [0.25, 0.3) is 0 Å². The first-order chi connectivity index (χ1) is 8.18. The number of carbonyl (C=O) groups is 1. The number of carboxylic acids is 1. The van der Waals surface area contributed by atoms with Gasteiger partial charge >= 0.3 is 5.97 Å². The zero-order valence-corrected chi connectivity index (χ0v) is 9.19. The molecule has 2 rings (SSSR count). The quantitative estimate of drug-likeness (QED) is 0.612. The zero-order valence-electron chi connectivity index (χ0n) is 9.19. The van der Waals surface area contributed by atoms with Crippen molar-refractivity contribution in [2.24, 2.45) is 5.92 Å². The van der Waals surface area contributed by atoms with Crippen molar-refractivity contribution in [1.82, 2.24) is 0 Å². The highest BCUT2D eigenvalue weighted by atomic mass is 19.1. The average molecular weight is 240 g/mol. The van der Waals surface area contributed by atoms with Crippen LogP contribution >= 0.6 is 0 Å². The minimum absolute atomic E-state index is 0.00621. The third-order valence-electron chi connectivity index (χ3n) is 2.54. The molecule has 1 aromatic carbocycles. The Morgan fingerprint density at radius 2 is 2.24 bits per heavy atom. The van der Waals surface area contributed by atoms with Gasteiger partial charge in [-0.2, -0.15) is 0 Å². The molecule has 0 heterocycles. The van der Waals surface area contributed by atoms with Gasteiger partial charge in [0.1, 0.15) is 17.1 Å². The van der Waals surface area contributed by atoms with Gasteiger partial charge in [-0.1, -0.05) is 6.07 Å². The molecule has 4 nitrogen and oxygen atoms in total. The maximum atomic E-state index is 13.2. The van der Waals surface area contributed by atoms with E-state index in [0.717, 1.165) is 6.07 Å². The van der Waals surface area contributed by atoms with Crippen LogP contribution in [0.1, 0.15) is 23.2 Å². The number of benzene rings is 1. The Labute approximate surface area is 98.0 Å². The first-order valence-electron chi connectivity index (χ1n) is 5.41. The second kappa shape index (κ2) is 5.14. The van der Waals surface area contributed by atoms with E-state index in [-0.39, 0.29) is 12.5 Å².